The van der Waals surface area contributed by atoms with Gasteiger partial charge >= 0.3 is 12.1 Å². The molecule has 2 heterocycles. The Labute approximate surface area is 164 Å². The average Bonchev–Trinajstić information content (AvgIpc) is 2.67. The van der Waals surface area contributed by atoms with E-state index >= 15 is 0 Å². The third kappa shape index (κ3) is 4.81. The molecule has 1 aliphatic rings. The molecule has 0 amide bonds. The molecule has 0 spiro atoms. The van der Waals surface area contributed by atoms with Crippen LogP contribution in [0.5, 0.6) is 5.75 Å². The van der Waals surface area contributed by atoms with E-state index in [0.29, 0.717) is 24.5 Å². The van der Waals surface area contributed by atoms with Crippen LogP contribution in [0, 0.1) is 0 Å². The van der Waals surface area contributed by atoms with Crippen molar-refractivity contribution in [3.63, 3.8) is 0 Å². The van der Waals surface area contributed by atoms with Crippen LogP contribution in [-0.4, -0.2) is 63.5 Å². The molecule has 29 heavy (non-hydrogen) atoms. The van der Waals surface area contributed by atoms with Crippen molar-refractivity contribution in [1.29, 1.82) is 0 Å². The number of hydrogen-bond donors (Lipinski definition) is 0. The molecule has 0 radical (unpaired) electrons. The summed E-state index contributed by atoms with van der Waals surface area (Å²) in [5.41, 5.74) is 0.213. The van der Waals surface area contributed by atoms with Crippen LogP contribution in [0.1, 0.15) is 17.5 Å². The van der Waals surface area contributed by atoms with Gasteiger partial charge in [0.05, 0.1) is 31.3 Å². The van der Waals surface area contributed by atoms with Crippen molar-refractivity contribution in [2.75, 3.05) is 51.3 Å². The Balaban J connectivity index is 1.98. The van der Waals surface area contributed by atoms with Crippen LogP contribution in [0.4, 0.5) is 18.9 Å². The lowest BCUT2D eigenvalue weighted by Crippen LogP contribution is -2.49. The zero-order chi connectivity index (χ0) is 21.2. The molecule has 0 aliphatic carbocycles. The van der Waals surface area contributed by atoms with Gasteiger partial charge in [-0.15, -0.1) is 0 Å². The van der Waals surface area contributed by atoms with Crippen molar-refractivity contribution in [2.45, 2.75) is 13.1 Å². The normalized spacial score (nSPS) is 15.6. The fourth-order valence-electron chi connectivity index (χ4n) is 3.27. The molecule has 7 nitrogen and oxygen atoms in total. The summed E-state index contributed by atoms with van der Waals surface area (Å²) in [6, 6.07) is 4.20. The van der Waals surface area contributed by atoms with Gasteiger partial charge in [-0.3, -0.25) is 9.69 Å². The maximum atomic E-state index is 12.6. The molecule has 0 bridgehead atoms. The lowest BCUT2D eigenvalue weighted by Gasteiger charge is -2.36. The van der Waals surface area contributed by atoms with Crippen molar-refractivity contribution >= 4 is 22.6 Å². The van der Waals surface area contributed by atoms with E-state index < -0.39 is 24.1 Å². The van der Waals surface area contributed by atoms with Crippen molar-refractivity contribution in [1.82, 2.24) is 4.90 Å². The number of hydrogen-bond acceptors (Lipinski definition) is 7. The molecule has 0 unspecified atom stereocenters. The van der Waals surface area contributed by atoms with Gasteiger partial charge < -0.3 is 18.8 Å². The average molecular weight is 414 g/mol. The van der Waals surface area contributed by atoms with E-state index in [9.17, 15) is 22.8 Å². The number of carbonyl (C=O) groups is 1. The fraction of sp³-hybridized carbons (Fsp3) is 0.474. The number of alkyl halides is 3. The molecule has 10 heteroatoms. The minimum atomic E-state index is -4.26. The lowest BCUT2D eigenvalue weighted by atomic mass is 10.1. The minimum Gasteiger partial charge on any atom is -0.497 e. The van der Waals surface area contributed by atoms with Crippen LogP contribution >= 0.6 is 0 Å². The summed E-state index contributed by atoms with van der Waals surface area (Å²) in [7, 11) is 1.45. The highest BCUT2D eigenvalue weighted by Gasteiger charge is 2.32. The molecule has 1 aromatic carbocycles. The van der Waals surface area contributed by atoms with Gasteiger partial charge in [-0.2, -0.15) is 13.2 Å². The number of piperazine rings is 1. The van der Waals surface area contributed by atoms with Crippen LogP contribution in [0.3, 0.4) is 0 Å². The molecule has 2 aromatic rings. The number of nitrogens with zero attached hydrogens (tertiary/aromatic N) is 2. The maximum absolute atomic E-state index is 12.6. The van der Waals surface area contributed by atoms with Crippen LogP contribution in [0.25, 0.3) is 11.0 Å². The molecule has 1 aromatic heterocycles. The standard InChI is InChI=1S/C19H21F3N2O5/c1-3-28-18(26)16-10-15(25)13-8-12(27-2)9-14(17(13)29-16)24-6-4-23(5-7-24)11-19(20,21)22/h8-10H,3-7,11H2,1-2H3. The molecule has 1 saturated heterocycles. The summed E-state index contributed by atoms with van der Waals surface area (Å²) >= 11 is 0. The molecule has 1 aliphatic heterocycles. The molecule has 158 valence electrons. The highest BCUT2D eigenvalue weighted by molar-refractivity contribution is 5.94. The zero-order valence-electron chi connectivity index (χ0n) is 16.0. The summed E-state index contributed by atoms with van der Waals surface area (Å²) in [5.74, 6) is -0.587. The summed E-state index contributed by atoms with van der Waals surface area (Å²) in [6.07, 6.45) is -4.26. The number of rotatable bonds is 5. The largest absolute Gasteiger partial charge is 0.497 e. The number of fused-ring (bicyclic) bond motifs is 1. The lowest BCUT2D eigenvalue weighted by molar-refractivity contribution is -0.146. The van der Waals surface area contributed by atoms with Crippen molar-refractivity contribution in [2.24, 2.45) is 0 Å². The quantitative estimate of drug-likeness (QED) is 0.697. The van der Waals surface area contributed by atoms with Gasteiger partial charge in [0.25, 0.3) is 0 Å². The number of halogens is 3. The molecule has 1 fully saturated rings. The Bertz CT molecular complexity index is 949. The fourth-order valence-corrected chi connectivity index (χ4v) is 3.27. The van der Waals surface area contributed by atoms with Crippen LogP contribution in [0.2, 0.25) is 0 Å². The second kappa shape index (κ2) is 8.32. The Kier molecular flexibility index (Phi) is 6.02. The first-order valence-corrected chi connectivity index (χ1v) is 9.09. The first-order valence-electron chi connectivity index (χ1n) is 9.09. The number of benzene rings is 1. The smallest absolute Gasteiger partial charge is 0.401 e. The van der Waals surface area contributed by atoms with Gasteiger partial charge in [0.2, 0.25) is 5.76 Å². The van der Waals surface area contributed by atoms with Crippen LogP contribution in [0.15, 0.2) is 27.4 Å². The van der Waals surface area contributed by atoms with E-state index in [0.717, 1.165) is 6.07 Å². The summed E-state index contributed by atoms with van der Waals surface area (Å²) in [5, 5.41) is 0.213. The monoisotopic (exact) mass is 414 g/mol. The van der Waals surface area contributed by atoms with Gasteiger partial charge in [0.15, 0.2) is 11.0 Å². The van der Waals surface area contributed by atoms with Gasteiger partial charge in [-0.05, 0) is 13.0 Å². The Morgan fingerprint density at radius 3 is 2.45 bits per heavy atom. The maximum Gasteiger partial charge on any atom is 0.401 e. The Hall–Kier alpha value is -2.75. The molecular formula is C19H21F3N2O5. The van der Waals surface area contributed by atoms with Crippen molar-refractivity contribution in [3.8, 4) is 5.75 Å². The molecular weight excluding hydrogens is 393 g/mol. The van der Waals surface area contributed by atoms with E-state index in [1.54, 1.807) is 13.0 Å². The van der Waals surface area contributed by atoms with E-state index in [4.69, 9.17) is 13.9 Å². The Morgan fingerprint density at radius 2 is 1.86 bits per heavy atom. The molecule has 0 N–H and O–H groups in total. The topological polar surface area (TPSA) is 72.2 Å². The van der Waals surface area contributed by atoms with Crippen LogP contribution in [-0.2, 0) is 4.74 Å². The number of ether oxygens (including phenoxy) is 2. The van der Waals surface area contributed by atoms with Crippen molar-refractivity contribution < 1.29 is 31.9 Å². The third-order valence-electron chi connectivity index (χ3n) is 4.61. The predicted octanol–water partition coefficient (Wildman–Crippen LogP) is 2.66. The van der Waals surface area contributed by atoms with Gasteiger partial charge in [-0.1, -0.05) is 0 Å². The predicted molar refractivity (Wildman–Crippen MR) is 99.7 cm³/mol. The number of methoxy groups -OCH3 is 1. The second-order valence-electron chi connectivity index (χ2n) is 6.60. The number of carbonyl (C=O) groups excluding carboxylic acids is 1. The summed E-state index contributed by atoms with van der Waals surface area (Å²) in [4.78, 5) is 27.7. The van der Waals surface area contributed by atoms with Crippen molar-refractivity contribution in [3.05, 3.63) is 34.2 Å². The number of esters is 1. The summed E-state index contributed by atoms with van der Waals surface area (Å²) < 4.78 is 53.7. The first kappa shape index (κ1) is 21.0. The summed E-state index contributed by atoms with van der Waals surface area (Å²) in [6.45, 7) is 1.77. The molecule has 0 saturated carbocycles. The highest BCUT2D eigenvalue weighted by Crippen LogP contribution is 2.32. The van der Waals surface area contributed by atoms with E-state index in [1.807, 2.05) is 4.90 Å². The highest BCUT2D eigenvalue weighted by atomic mass is 19.4. The van der Waals surface area contributed by atoms with Crippen LogP contribution < -0.4 is 15.1 Å². The van der Waals surface area contributed by atoms with E-state index in [2.05, 4.69) is 0 Å². The van der Waals surface area contributed by atoms with E-state index in [1.165, 1.54) is 18.1 Å². The SMILES string of the molecule is CCOC(=O)c1cc(=O)c2cc(OC)cc(N3CCN(CC(F)(F)F)CC3)c2o1. The Morgan fingerprint density at radius 1 is 1.17 bits per heavy atom. The first-order chi connectivity index (χ1) is 13.7. The number of anilines is 1. The third-order valence-corrected chi connectivity index (χ3v) is 4.61. The zero-order valence-corrected chi connectivity index (χ0v) is 16.0. The van der Waals surface area contributed by atoms with Gasteiger partial charge in [0, 0.05) is 38.3 Å². The second-order valence-corrected chi connectivity index (χ2v) is 6.60. The van der Waals surface area contributed by atoms with Gasteiger partial charge in [-0.25, -0.2) is 4.79 Å². The molecule has 0 atom stereocenters. The van der Waals surface area contributed by atoms with E-state index in [-0.39, 0.29) is 36.4 Å². The van der Waals surface area contributed by atoms with Gasteiger partial charge in [0.1, 0.15) is 5.75 Å². The molecule has 3 rings (SSSR count). The minimum absolute atomic E-state index is 0.122.